The maximum Gasteiger partial charge on any atom is 0.281 e. The van der Waals surface area contributed by atoms with Crippen molar-refractivity contribution in [1.82, 2.24) is 24.4 Å². The van der Waals surface area contributed by atoms with Gasteiger partial charge < -0.3 is 9.80 Å². The summed E-state index contributed by atoms with van der Waals surface area (Å²) >= 11 is 1.94. The van der Waals surface area contributed by atoms with Crippen molar-refractivity contribution in [2.75, 3.05) is 31.1 Å². The lowest BCUT2D eigenvalue weighted by Crippen LogP contribution is -2.33. The molecule has 0 aromatic carbocycles. The molecule has 2 aliphatic heterocycles. The maximum atomic E-state index is 12.4. The van der Waals surface area contributed by atoms with Gasteiger partial charge in [0.2, 0.25) is 0 Å². The van der Waals surface area contributed by atoms with Gasteiger partial charge in [0.05, 0.1) is 22.6 Å². The zero-order chi connectivity index (χ0) is 22.2. The van der Waals surface area contributed by atoms with Crippen molar-refractivity contribution in [3.05, 3.63) is 82.2 Å². The highest BCUT2D eigenvalue weighted by atomic mass is 32.1. The number of allylic oxidation sites excluding steroid dienone is 3. The standard InChI is InChI=1S/C25H26N6OS/c32-25(31-15-10-26-17-31)22-5-4-20(16-27-22)30-11-6-18(7-12-30)24-28-21-8-13-29(19-2-1-3-19)14-9-23(21)33-24/h1-5,10,15-18H,6-9,11-14H2. The SMILES string of the molecule is O=C(c1ccc(N2CCC(c3nc4c(s3)CCN(C3=CC=C3)CC4)CC2)cn1)n1ccnc1. The van der Waals surface area contributed by atoms with E-state index in [9.17, 15) is 4.79 Å². The second-order valence-electron chi connectivity index (χ2n) is 8.80. The highest BCUT2D eigenvalue weighted by Gasteiger charge is 2.26. The summed E-state index contributed by atoms with van der Waals surface area (Å²) in [6.07, 6.45) is 17.4. The van der Waals surface area contributed by atoms with Crippen LogP contribution in [0, 0.1) is 0 Å². The number of nitrogens with zero attached hydrogens (tertiary/aromatic N) is 6. The predicted molar refractivity (Wildman–Crippen MR) is 129 cm³/mol. The number of piperidine rings is 1. The van der Waals surface area contributed by atoms with Crippen LogP contribution >= 0.6 is 11.3 Å². The van der Waals surface area contributed by atoms with Crippen molar-refractivity contribution in [2.45, 2.75) is 31.6 Å². The summed E-state index contributed by atoms with van der Waals surface area (Å²) in [6.45, 7) is 4.13. The molecule has 7 nitrogen and oxygen atoms in total. The van der Waals surface area contributed by atoms with Gasteiger partial charge in [-0.05, 0) is 37.1 Å². The third kappa shape index (κ3) is 3.99. The number of hydrogen-bond donors (Lipinski definition) is 0. The van der Waals surface area contributed by atoms with E-state index in [2.05, 4.69) is 38.0 Å². The van der Waals surface area contributed by atoms with Gasteiger partial charge in [-0.3, -0.25) is 9.36 Å². The van der Waals surface area contributed by atoms with Crippen LogP contribution in [-0.4, -0.2) is 56.5 Å². The third-order valence-corrected chi connectivity index (χ3v) is 8.16. The minimum absolute atomic E-state index is 0.162. The van der Waals surface area contributed by atoms with E-state index in [0.29, 0.717) is 11.6 Å². The second-order valence-corrected chi connectivity index (χ2v) is 9.91. The van der Waals surface area contributed by atoms with Gasteiger partial charge in [0.15, 0.2) is 0 Å². The van der Waals surface area contributed by atoms with Gasteiger partial charge in [-0.25, -0.2) is 15.0 Å². The molecule has 0 spiro atoms. The van der Waals surface area contributed by atoms with Gasteiger partial charge in [0, 0.05) is 67.9 Å². The topological polar surface area (TPSA) is 67.2 Å². The Balaban J connectivity index is 1.06. The Kier molecular flexibility index (Phi) is 5.30. The Morgan fingerprint density at radius 2 is 1.91 bits per heavy atom. The number of aromatic nitrogens is 4. The molecule has 0 N–H and O–H groups in total. The summed E-state index contributed by atoms with van der Waals surface area (Å²) in [7, 11) is 0. The molecule has 6 rings (SSSR count). The minimum Gasteiger partial charge on any atom is -0.371 e. The Morgan fingerprint density at radius 3 is 2.61 bits per heavy atom. The van der Waals surface area contributed by atoms with Crippen LogP contribution in [0.5, 0.6) is 0 Å². The molecular formula is C25H26N6OS. The fourth-order valence-electron chi connectivity index (χ4n) is 4.80. The normalized spacial score (nSPS) is 18.5. The van der Waals surface area contributed by atoms with E-state index in [0.717, 1.165) is 57.5 Å². The van der Waals surface area contributed by atoms with E-state index in [1.807, 2.05) is 23.6 Å². The monoisotopic (exact) mass is 458 g/mol. The zero-order valence-electron chi connectivity index (χ0n) is 18.4. The van der Waals surface area contributed by atoms with Gasteiger partial charge >= 0.3 is 0 Å². The molecule has 3 aromatic heterocycles. The number of anilines is 1. The lowest BCUT2D eigenvalue weighted by atomic mass is 9.97. The fraction of sp³-hybridized carbons (Fsp3) is 0.360. The number of imidazole rings is 1. The van der Waals surface area contributed by atoms with Gasteiger partial charge in [0.25, 0.3) is 5.91 Å². The van der Waals surface area contributed by atoms with Crippen LogP contribution in [0.25, 0.3) is 0 Å². The Hall–Kier alpha value is -3.26. The third-order valence-electron chi connectivity index (χ3n) is 6.84. The molecule has 1 aliphatic carbocycles. The van der Waals surface area contributed by atoms with Crippen molar-refractivity contribution < 1.29 is 4.79 Å². The number of carbonyl (C=O) groups excluding carboxylic acids is 1. The first-order valence-corrected chi connectivity index (χ1v) is 12.4. The van der Waals surface area contributed by atoms with Crippen LogP contribution in [0.15, 0.2) is 61.0 Å². The zero-order valence-corrected chi connectivity index (χ0v) is 19.2. The van der Waals surface area contributed by atoms with E-state index in [1.165, 1.54) is 32.2 Å². The molecule has 3 aliphatic rings. The molecule has 33 heavy (non-hydrogen) atoms. The van der Waals surface area contributed by atoms with Gasteiger partial charge in [-0.15, -0.1) is 11.3 Å². The Bertz CT molecular complexity index is 1180. The summed E-state index contributed by atoms with van der Waals surface area (Å²) in [6, 6.07) is 3.81. The molecule has 1 saturated heterocycles. The van der Waals surface area contributed by atoms with Crippen molar-refractivity contribution in [1.29, 1.82) is 0 Å². The highest BCUT2D eigenvalue weighted by Crippen LogP contribution is 2.35. The molecule has 0 atom stereocenters. The molecule has 0 saturated carbocycles. The van der Waals surface area contributed by atoms with E-state index < -0.39 is 0 Å². The summed E-state index contributed by atoms with van der Waals surface area (Å²) in [5, 5.41) is 1.33. The molecule has 0 unspecified atom stereocenters. The summed E-state index contributed by atoms with van der Waals surface area (Å²) in [4.78, 5) is 32.2. The van der Waals surface area contributed by atoms with Gasteiger partial charge in [-0.2, -0.15) is 0 Å². The molecule has 1 fully saturated rings. The average molecular weight is 459 g/mol. The van der Waals surface area contributed by atoms with Gasteiger partial charge in [-0.1, -0.05) is 6.08 Å². The number of carbonyl (C=O) groups is 1. The summed E-state index contributed by atoms with van der Waals surface area (Å²) in [5.74, 6) is 0.381. The molecule has 0 amide bonds. The highest BCUT2D eigenvalue weighted by molar-refractivity contribution is 7.11. The Labute approximate surface area is 197 Å². The number of rotatable bonds is 4. The molecule has 0 bridgehead atoms. The first kappa shape index (κ1) is 20.4. The van der Waals surface area contributed by atoms with Crippen molar-refractivity contribution in [2.24, 2.45) is 0 Å². The summed E-state index contributed by atoms with van der Waals surface area (Å²) < 4.78 is 1.45. The fourth-order valence-corrected chi connectivity index (χ4v) is 6.07. The van der Waals surface area contributed by atoms with E-state index in [4.69, 9.17) is 4.98 Å². The van der Waals surface area contributed by atoms with Crippen LogP contribution in [0.4, 0.5) is 5.69 Å². The van der Waals surface area contributed by atoms with Gasteiger partial charge in [0.1, 0.15) is 12.0 Å². The lowest BCUT2D eigenvalue weighted by molar-refractivity contribution is 0.0955. The van der Waals surface area contributed by atoms with Crippen LogP contribution in [0.2, 0.25) is 0 Å². The first-order valence-electron chi connectivity index (χ1n) is 11.6. The predicted octanol–water partition coefficient (Wildman–Crippen LogP) is 3.66. The van der Waals surface area contributed by atoms with Crippen molar-refractivity contribution in [3.63, 3.8) is 0 Å². The maximum absolute atomic E-state index is 12.4. The van der Waals surface area contributed by atoms with Crippen LogP contribution in [-0.2, 0) is 12.8 Å². The minimum atomic E-state index is -0.162. The van der Waals surface area contributed by atoms with Crippen LogP contribution < -0.4 is 4.90 Å². The molecule has 0 radical (unpaired) electrons. The molecule has 5 heterocycles. The van der Waals surface area contributed by atoms with Crippen LogP contribution in [0.1, 0.15) is 44.8 Å². The lowest BCUT2D eigenvalue weighted by Gasteiger charge is -2.32. The van der Waals surface area contributed by atoms with Crippen LogP contribution in [0.3, 0.4) is 0 Å². The smallest absolute Gasteiger partial charge is 0.281 e. The Morgan fingerprint density at radius 1 is 1.06 bits per heavy atom. The second kappa shape index (κ2) is 8.59. The first-order chi connectivity index (χ1) is 16.2. The molecular weight excluding hydrogens is 432 g/mol. The quantitative estimate of drug-likeness (QED) is 0.594. The van der Waals surface area contributed by atoms with E-state index >= 15 is 0 Å². The number of hydrogen-bond acceptors (Lipinski definition) is 7. The van der Waals surface area contributed by atoms with E-state index in [1.54, 1.807) is 18.5 Å². The molecule has 168 valence electrons. The summed E-state index contributed by atoms with van der Waals surface area (Å²) in [5.41, 5.74) is 4.20. The number of fused-ring (bicyclic) bond motifs is 1. The number of thiazole rings is 1. The molecule has 8 heteroatoms. The number of pyridine rings is 1. The van der Waals surface area contributed by atoms with Crippen molar-refractivity contribution in [3.8, 4) is 0 Å². The van der Waals surface area contributed by atoms with E-state index in [-0.39, 0.29) is 5.91 Å². The molecule has 3 aromatic rings. The largest absolute Gasteiger partial charge is 0.371 e. The van der Waals surface area contributed by atoms with Crippen molar-refractivity contribution >= 4 is 22.9 Å². The average Bonchev–Trinajstić information content (AvgIpc) is 3.46.